The number of fused-ring (bicyclic) bond motifs is 1. The second-order valence-corrected chi connectivity index (χ2v) is 10.1. The van der Waals surface area contributed by atoms with E-state index in [9.17, 15) is 5.26 Å². The Labute approximate surface area is 200 Å². The summed E-state index contributed by atoms with van der Waals surface area (Å²) in [6.07, 6.45) is 10.2. The Hall–Kier alpha value is -2.54. The van der Waals surface area contributed by atoms with Gasteiger partial charge in [0.15, 0.2) is 0 Å². The third-order valence-corrected chi connectivity index (χ3v) is 8.10. The standard InChI is InChI=1S/C29H40N4/c1-5-8-9-22-14-15-33(22)28-17-21(7-3)32-27-16-20(10-11-24(27)28)29-23(19(4)6-2)12-13-26(31)25(29)18-30/h12-13,17,19-20,22H,5-11,14-16,31H2,1-4H3. The minimum atomic E-state index is 0.305. The Morgan fingerprint density at radius 3 is 2.70 bits per heavy atom. The lowest BCUT2D eigenvalue weighted by molar-refractivity contribution is 0.408. The number of rotatable bonds is 8. The van der Waals surface area contributed by atoms with E-state index in [0.717, 1.165) is 32.1 Å². The lowest BCUT2D eigenvalue weighted by atomic mass is 9.75. The van der Waals surface area contributed by atoms with Gasteiger partial charge in [-0.1, -0.05) is 46.6 Å². The molecule has 2 aliphatic rings. The van der Waals surface area contributed by atoms with Crippen molar-refractivity contribution in [3.63, 3.8) is 0 Å². The molecule has 2 heterocycles. The fourth-order valence-electron chi connectivity index (χ4n) is 5.81. The maximum atomic E-state index is 9.99. The maximum absolute atomic E-state index is 9.99. The molecule has 4 heteroatoms. The average Bonchev–Trinajstić information content (AvgIpc) is 2.82. The molecule has 0 radical (unpaired) electrons. The molecule has 3 unspecified atom stereocenters. The van der Waals surface area contributed by atoms with Crippen molar-refractivity contribution in [2.45, 2.75) is 103 Å². The zero-order chi connectivity index (χ0) is 23.5. The molecule has 176 valence electrons. The SMILES string of the molecule is CCCCC1CCN1c1cc(CC)nc2c1CCC(c1c(C(C)CC)ccc(N)c1C#N)C2. The first kappa shape index (κ1) is 23.6. The molecule has 3 atom stereocenters. The molecular weight excluding hydrogens is 404 g/mol. The van der Waals surface area contributed by atoms with Crippen LogP contribution >= 0.6 is 0 Å². The maximum Gasteiger partial charge on any atom is 0.102 e. The highest BCUT2D eigenvalue weighted by Gasteiger charge is 2.34. The predicted molar refractivity (Wildman–Crippen MR) is 138 cm³/mol. The molecule has 0 spiro atoms. The summed E-state index contributed by atoms with van der Waals surface area (Å²) < 4.78 is 0. The number of anilines is 2. The number of nitrogens with zero attached hydrogens (tertiary/aromatic N) is 3. The van der Waals surface area contributed by atoms with Gasteiger partial charge in [-0.2, -0.15) is 5.26 Å². The third kappa shape index (κ3) is 4.47. The molecule has 1 aliphatic carbocycles. The monoisotopic (exact) mass is 444 g/mol. The highest BCUT2D eigenvalue weighted by atomic mass is 15.2. The van der Waals surface area contributed by atoms with Crippen molar-refractivity contribution in [2.75, 3.05) is 17.2 Å². The van der Waals surface area contributed by atoms with Crippen molar-refractivity contribution >= 4 is 11.4 Å². The summed E-state index contributed by atoms with van der Waals surface area (Å²) >= 11 is 0. The van der Waals surface area contributed by atoms with Gasteiger partial charge in [0.1, 0.15) is 6.07 Å². The first-order valence-corrected chi connectivity index (χ1v) is 13.1. The fourth-order valence-corrected chi connectivity index (χ4v) is 5.81. The Bertz CT molecular complexity index is 1030. The highest BCUT2D eigenvalue weighted by Crippen LogP contribution is 2.43. The van der Waals surface area contributed by atoms with Crippen LogP contribution in [0, 0.1) is 11.3 Å². The van der Waals surface area contributed by atoms with Crippen LogP contribution in [-0.2, 0) is 19.3 Å². The Balaban J connectivity index is 1.72. The number of hydrogen-bond donors (Lipinski definition) is 1. The van der Waals surface area contributed by atoms with Crippen molar-refractivity contribution in [3.05, 3.63) is 51.8 Å². The number of pyridine rings is 1. The first-order chi connectivity index (χ1) is 16.0. The molecule has 1 fully saturated rings. The zero-order valence-electron chi connectivity index (χ0n) is 21.0. The lowest BCUT2D eigenvalue weighted by Gasteiger charge is -2.45. The van der Waals surface area contributed by atoms with E-state index >= 15 is 0 Å². The van der Waals surface area contributed by atoms with E-state index < -0.39 is 0 Å². The van der Waals surface area contributed by atoms with E-state index in [1.54, 1.807) is 0 Å². The van der Waals surface area contributed by atoms with E-state index in [1.165, 1.54) is 66.0 Å². The summed E-state index contributed by atoms with van der Waals surface area (Å²) in [6, 6.07) is 9.59. The van der Waals surface area contributed by atoms with Crippen molar-refractivity contribution in [1.82, 2.24) is 4.98 Å². The summed E-state index contributed by atoms with van der Waals surface area (Å²) in [7, 11) is 0. The largest absolute Gasteiger partial charge is 0.398 e. The molecular formula is C29H40N4. The smallest absolute Gasteiger partial charge is 0.102 e. The van der Waals surface area contributed by atoms with Crippen LogP contribution in [0.1, 0.15) is 112 Å². The molecule has 1 aromatic carbocycles. The van der Waals surface area contributed by atoms with Gasteiger partial charge in [0.25, 0.3) is 0 Å². The summed E-state index contributed by atoms with van der Waals surface area (Å²) in [4.78, 5) is 7.78. The van der Waals surface area contributed by atoms with Crippen LogP contribution in [0.4, 0.5) is 11.4 Å². The van der Waals surface area contributed by atoms with Gasteiger partial charge in [0.05, 0.1) is 5.56 Å². The number of aromatic nitrogens is 1. The number of unbranched alkanes of at least 4 members (excludes halogenated alkanes) is 1. The highest BCUT2D eigenvalue weighted by molar-refractivity contribution is 5.64. The van der Waals surface area contributed by atoms with E-state index in [0.29, 0.717) is 29.1 Å². The summed E-state index contributed by atoms with van der Waals surface area (Å²) in [5.41, 5.74) is 15.4. The molecule has 33 heavy (non-hydrogen) atoms. The van der Waals surface area contributed by atoms with Crippen LogP contribution in [0.5, 0.6) is 0 Å². The Kier molecular flexibility index (Phi) is 7.27. The van der Waals surface area contributed by atoms with Crippen molar-refractivity contribution in [1.29, 1.82) is 5.26 Å². The fraction of sp³-hybridized carbons (Fsp3) is 0.586. The van der Waals surface area contributed by atoms with Crippen LogP contribution in [-0.4, -0.2) is 17.6 Å². The molecule has 1 saturated heterocycles. The van der Waals surface area contributed by atoms with E-state index in [2.05, 4.69) is 50.8 Å². The summed E-state index contributed by atoms with van der Waals surface area (Å²) in [6.45, 7) is 10.1. The molecule has 4 rings (SSSR count). The quantitative estimate of drug-likeness (QED) is 0.463. The van der Waals surface area contributed by atoms with Gasteiger partial charge in [-0.3, -0.25) is 4.98 Å². The van der Waals surface area contributed by atoms with Gasteiger partial charge in [-0.05, 0) is 85.6 Å². The number of aryl methyl sites for hydroxylation is 1. The number of hydrogen-bond acceptors (Lipinski definition) is 4. The van der Waals surface area contributed by atoms with Crippen LogP contribution in [0.25, 0.3) is 0 Å². The summed E-state index contributed by atoms with van der Waals surface area (Å²) in [5.74, 6) is 0.722. The van der Waals surface area contributed by atoms with Crippen LogP contribution in [0.2, 0.25) is 0 Å². The molecule has 1 aliphatic heterocycles. The molecule has 2 N–H and O–H groups in total. The number of nitriles is 1. The van der Waals surface area contributed by atoms with Gasteiger partial charge in [-0.15, -0.1) is 0 Å². The number of nitrogens with two attached hydrogens (primary N) is 1. The number of nitrogen functional groups attached to an aromatic ring is 1. The van der Waals surface area contributed by atoms with Crippen LogP contribution < -0.4 is 10.6 Å². The van der Waals surface area contributed by atoms with Gasteiger partial charge >= 0.3 is 0 Å². The van der Waals surface area contributed by atoms with Gasteiger partial charge in [0, 0.05) is 35.3 Å². The van der Waals surface area contributed by atoms with Crippen molar-refractivity contribution in [2.24, 2.45) is 0 Å². The topological polar surface area (TPSA) is 65.9 Å². The molecule has 0 saturated carbocycles. The van der Waals surface area contributed by atoms with Gasteiger partial charge in [0.2, 0.25) is 0 Å². The molecule has 0 amide bonds. The van der Waals surface area contributed by atoms with E-state index in [4.69, 9.17) is 10.7 Å². The third-order valence-electron chi connectivity index (χ3n) is 8.10. The number of benzene rings is 1. The normalized spacial score (nSPS) is 20.6. The Morgan fingerprint density at radius 2 is 2.06 bits per heavy atom. The van der Waals surface area contributed by atoms with E-state index in [-0.39, 0.29) is 0 Å². The van der Waals surface area contributed by atoms with Crippen LogP contribution in [0.15, 0.2) is 18.2 Å². The van der Waals surface area contributed by atoms with E-state index in [1.807, 2.05) is 6.07 Å². The molecule has 2 aromatic rings. The predicted octanol–water partition coefficient (Wildman–Crippen LogP) is 6.65. The average molecular weight is 445 g/mol. The second kappa shape index (κ2) is 10.2. The minimum absolute atomic E-state index is 0.305. The molecule has 0 bridgehead atoms. The first-order valence-electron chi connectivity index (χ1n) is 13.1. The summed E-state index contributed by atoms with van der Waals surface area (Å²) in [5, 5.41) is 9.99. The zero-order valence-corrected chi connectivity index (χ0v) is 21.0. The molecule has 1 aromatic heterocycles. The van der Waals surface area contributed by atoms with Crippen molar-refractivity contribution in [3.8, 4) is 6.07 Å². The van der Waals surface area contributed by atoms with Gasteiger partial charge < -0.3 is 10.6 Å². The van der Waals surface area contributed by atoms with Crippen molar-refractivity contribution < 1.29 is 0 Å². The minimum Gasteiger partial charge on any atom is -0.398 e. The Morgan fingerprint density at radius 1 is 1.24 bits per heavy atom. The van der Waals surface area contributed by atoms with Gasteiger partial charge in [-0.25, -0.2) is 0 Å². The second-order valence-electron chi connectivity index (χ2n) is 10.1. The molecule has 4 nitrogen and oxygen atoms in total. The lowest BCUT2D eigenvalue weighted by Crippen LogP contribution is -2.48. The van der Waals surface area contributed by atoms with Crippen LogP contribution in [0.3, 0.4) is 0 Å².